The van der Waals surface area contributed by atoms with E-state index in [0.717, 1.165) is 23.9 Å². The van der Waals surface area contributed by atoms with Crippen LogP contribution in [0.4, 0.5) is 8.78 Å². The van der Waals surface area contributed by atoms with Crippen LogP contribution in [0.1, 0.15) is 13.3 Å². The summed E-state index contributed by atoms with van der Waals surface area (Å²) < 4.78 is 25.8. The molecule has 1 heterocycles. The Balaban J connectivity index is 1.91. The number of carbonyl (C=O) groups excluding carboxylic acids is 1. The maximum absolute atomic E-state index is 13.0. The SMILES string of the molecule is CC1(C(=O)O)CCN(C(=O)CSc2ccc(F)c(F)c2)C1. The summed E-state index contributed by atoms with van der Waals surface area (Å²) in [6, 6.07) is 3.46. The molecular formula is C14H15F2NO3S. The standard InChI is InChI=1S/C14H15F2NO3S/c1-14(13(19)20)4-5-17(8-14)12(18)7-21-9-2-3-10(15)11(16)6-9/h2-3,6H,4-5,7-8H2,1H3,(H,19,20). The molecule has 1 aliphatic rings. The fraction of sp³-hybridized carbons (Fsp3) is 0.429. The Morgan fingerprint density at radius 2 is 2.10 bits per heavy atom. The Morgan fingerprint density at radius 3 is 2.67 bits per heavy atom. The van der Waals surface area contributed by atoms with Gasteiger partial charge >= 0.3 is 5.97 Å². The van der Waals surface area contributed by atoms with Crippen LogP contribution in [0.15, 0.2) is 23.1 Å². The minimum absolute atomic E-state index is 0.0702. The normalized spacial score (nSPS) is 21.6. The van der Waals surface area contributed by atoms with Crippen LogP contribution in [0, 0.1) is 17.0 Å². The summed E-state index contributed by atoms with van der Waals surface area (Å²) in [7, 11) is 0. The number of carboxylic acid groups (broad SMARTS) is 1. The fourth-order valence-corrected chi connectivity index (χ4v) is 2.98. The first-order valence-electron chi connectivity index (χ1n) is 6.41. The second-order valence-electron chi connectivity index (χ2n) is 5.30. The largest absolute Gasteiger partial charge is 0.481 e. The zero-order chi connectivity index (χ0) is 15.6. The number of amides is 1. The third-order valence-corrected chi connectivity index (χ3v) is 4.57. The van der Waals surface area contributed by atoms with Crippen LogP contribution in [0.5, 0.6) is 0 Å². The van der Waals surface area contributed by atoms with Gasteiger partial charge in [0.2, 0.25) is 5.91 Å². The molecule has 0 aliphatic carbocycles. The minimum Gasteiger partial charge on any atom is -0.481 e. The highest BCUT2D eigenvalue weighted by molar-refractivity contribution is 8.00. The average molecular weight is 315 g/mol. The minimum atomic E-state index is -0.952. The quantitative estimate of drug-likeness (QED) is 0.867. The molecule has 1 saturated heterocycles. The molecule has 0 saturated carbocycles. The van der Waals surface area contributed by atoms with Gasteiger partial charge in [-0.25, -0.2) is 8.78 Å². The van der Waals surface area contributed by atoms with Crippen LogP contribution in [-0.2, 0) is 9.59 Å². The number of halogens is 2. The van der Waals surface area contributed by atoms with Crippen LogP contribution in [-0.4, -0.2) is 40.7 Å². The van der Waals surface area contributed by atoms with Gasteiger partial charge in [0.25, 0.3) is 0 Å². The number of hydrogen-bond acceptors (Lipinski definition) is 3. The Morgan fingerprint density at radius 1 is 1.38 bits per heavy atom. The molecular weight excluding hydrogens is 300 g/mol. The van der Waals surface area contributed by atoms with Gasteiger partial charge in [0.1, 0.15) is 0 Å². The summed E-state index contributed by atoms with van der Waals surface area (Å²) in [4.78, 5) is 25.1. The maximum atomic E-state index is 13.0. The zero-order valence-electron chi connectivity index (χ0n) is 11.4. The summed E-state index contributed by atoms with van der Waals surface area (Å²) >= 11 is 1.10. The van der Waals surface area contributed by atoms with E-state index in [0.29, 0.717) is 17.9 Å². The predicted molar refractivity (Wildman–Crippen MR) is 74.0 cm³/mol. The lowest BCUT2D eigenvalue weighted by Crippen LogP contribution is -2.35. The molecule has 1 N–H and O–H groups in total. The van der Waals surface area contributed by atoms with Gasteiger partial charge < -0.3 is 10.0 Å². The van der Waals surface area contributed by atoms with Crippen LogP contribution < -0.4 is 0 Å². The number of hydrogen-bond donors (Lipinski definition) is 1. The first-order chi connectivity index (χ1) is 9.82. The fourth-order valence-electron chi connectivity index (χ4n) is 2.15. The monoisotopic (exact) mass is 315 g/mol. The number of carbonyl (C=O) groups is 2. The lowest BCUT2D eigenvalue weighted by Gasteiger charge is -2.20. The topological polar surface area (TPSA) is 57.6 Å². The van der Waals surface area contributed by atoms with Crippen molar-refractivity contribution in [2.45, 2.75) is 18.2 Å². The molecule has 1 atom stereocenters. The van der Waals surface area contributed by atoms with E-state index in [1.54, 1.807) is 6.92 Å². The molecule has 114 valence electrons. The Kier molecular flexibility index (Phi) is 4.51. The van der Waals surface area contributed by atoms with Crippen LogP contribution in [0.2, 0.25) is 0 Å². The third kappa shape index (κ3) is 3.53. The van der Waals surface area contributed by atoms with Gasteiger partial charge in [-0.1, -0.05) is 0 Å². The lowest BCUT2D eigenvalue weighted by atomic mass is 9.90. The van der Waals surface area contributed by atoms with E-state index in [1.165, 1.54) is 11.0 Å². The van der Waals surface area contributed by atoms with Crippen molar-refractivity contribution in [2.75, 3.05) is 18.8 Å². The predicted octanol–water partition coefficient (Wildman–Crippen LogP) is 2.38. The first kappa shape index (κ1) is 15.8. The number of aliphatic carboxylic acids is 1. The van der Waals surface area contributed by atoms with E-state index in [4.69, 9.17) is 5.11 Å². The van der Waals surface area contributed by atoms with Crippen molar-refractivity contribution in [1.82, 2.24) is 4.90 Å². The zero-order valence-corrected chi connectivity index (χ0v) is 12.3. The van der Waals surface area contributed by atoms with Crippen molar-refractivity contribution in [3.63, 3.8) is 0 Å². The summed E-state index contributed by atoms with van der Waals surface area (Å²) in [6.45, 7) is 2.20. The van der Waals surface area contributed by atoms with Crippen molar-refractivity contribution in [1.29, 1.82) is 0 Å². The molecule has 1 aromatic carbocycles. The third-order valence-electron chi connectivity index (χ3n) is 3.60. The van der Waals surface area contributed by atoms with E-state index >= 15 is 0 Å². The van der Waals surface area contributed by atoms with Crippen molar-refractivity contribution in [3.05, 3.63) is 29.8 Å². The van der Waals surface area contributed by atoms with Gasteiger partial charge in [-0.2, -0.15) is 0 Å². The molecule has 0 spiro atoms. The van der Waals surface area contributed by atoms with Crippen LogP contribution in [0.25, 0.3) is 0 Å². The molecule has 1 unspecified atom stereocenters. The van der Waals surface area contributed by atoms with Gasteiger partial charge in [0.15, 0.2) is 11.6 Å². The van der Waals surface area contributed by atoms with E-state index in [-0.39, 0.29) is 18.2 Å². The van der Waals surface area contributed by atoms with Gasteiger partial charge in [0, 0.05) is 18.0 Å². The van der Waals surface area contributed by atoms with Gasteiger partial charge in [0.05, 0.1) is 11.2 Å². The van der Waals surface area contributed by atoms with Gasteiger partial charge in [-0.05, 0) is 31.5 Å². The molecule has 1 aromatic rings. The Bertz CT molecular complexity index is 581. The van der Waals surface area contributed by atoms with Crippen molar-refractivity contribution >= 4 is 23.6 Å². The molecule has 2 rings (SSSR count). The number of carboxylic acids is 1. The molecule has 1 fully saturated rings. The highest BCUT2D eigenvalue weighted by Crippen LogP contribution is 2.31. The highest BCUT2D eigenvalue weighted by atomic mass is 32.2. The van der Waals surface area contributed by atoms with E-state index in [9.17, 15) is 18.4 Å². The summed E-state index contributed by atoms with van der Waals surface area (Å²) in [5.41, 5.74) is -0.900. The van der Waals surface area contributed by atoms with E-state index < -0.39 is 23.0 Å². The first-order valence-corrected chi connectivity index (χ1v) is 7.39. The second kappa shape index (κ2) is 6.01. The number of thioether (sulfide) groups is 1. The van der Waals surface area contributed by atoms with Crippen LogP contribution in [0.3, 0.4) is 0 Å². The van der Waals surface area contributed by atoms with Crippen LogP contribution >= 0.6 is 11.8 Å². The van der Waals surface area contributed by atoms with Crippen molar-refractivity contribution in [3.8, 4) is 0 Å². The Hall–Kier alpha value is -1.63. The van der Waals surface area contributed by atoms with E-state index in [1.807, 2.05) is 0 Å². The number of rotatable bonds is 4. The summed E-state index contributed by atoms with van der Waals surface area (Å²) in [5.74, 6) is -2.92. The highest BCUT2D eigenvalue weighted by Gasteiger charge is 2.41. The number of likely N-dealkylation sites (tertiary alicyclic amines) is 1. The van der Waals surface area contributed by atoms with Crippen molar-refractivity contribution < 1.29 is 23.5 Å². The molecule has 0 radical (unpaired) electrons. The van der Waals surface area contributed by atoms with E-state index in [2.05, 4.69) is 0 Å². The van der Waals surface area contributed by atoms with Gasteiger partial charge in [-0.15, -0.1) is 11.8 Å². The number of benzene rings is 1. The van der Waals surface area contributed by atoms with Gasteiger partial charge in [-0.3, -0.25) is 9.59 Å². The summed E-state index contributed by atoms with van der Waals surface area (Å²) in [5, 5.41) is 9.12. The molecule has 4 nitrogen and oxygen atoms in total. The molecule has 1 aliphatic heterocycles. The van der Waals surface area contributed by atoms with Crippen molar-refractivity contribution in [2.24, 2.45) is 5.41 Å². The smallest absolute Gasteiger partial charge is 0.311 e. The Labute approximate surface area is 125 Å². The second-order valence-corrected chi connectivity index (χ2v) is 6.34. The molecule has 7 heteroatoms. The molecule has 0 bridgehead atoms. The molecule has 1 amide bonds. The maximum Gasteiger partial charge on any atom is 0.311 e. The lowest BCUT2D eigenvalue weighted by molar-refractivity contribution is -0.147. The summed E-state index contributed by atoms with van der Waals surface area (Å²) in [6.07, 6.45) is 0.421. The average Bonchev–Trinajstić information content (AvgIpc) is 2.84. The molecule has 0 aromatic heterocycles. The number of nitrogens with zero attached hydrogens (tertiary/aromatic N) is 1. The molecule has 21 heavy (non-hydrogen) atoms.